The molecule has 1 aliphatic rings. The Morgan fingerprint density at radius 2 is 1.89 bits per heavy atom. The average Bonchev–Trinajstić information content (AvgIpc) is 2.92. The fourth-order valence-corrected chi connectivity index (χ4v) is 4.42. The molecular formula is C21H25N3O2S. The Morgan fingerprint density at radius 3 is 2.63 bits per heavy atom. The molecule has 1 aromatic carbocycles. The molecule has 0 bridgehead atoms. The van der Waals surface area contributed by atoms with Crippen LogP contribution in [0.5, 0.6) is 11.6 Å². The molecule has 0 atom stereocenters. The quantitative estimate of drug-likeness (QED) is 0.661. The monoisotopic (exact) mass is 383 g/mol. The van der Waals surface area contributed by atoms with Crippen molar-refractivity contribution in [3.63, 3.8) is 0 Å². The van der Waals surface area contributed by atoms with Crippen LogP contribution >= 0.6 is 11.3 Å². The van der Waals surface area contributed by atoms with E-state index in [9.17, 15) is 0 Å². The molecule has 0 amide bonds. The number of morpholine rings is 1. The zero-order valence-corrected chi connectivity index (χ0v) is 17.2. The van der Waals surface area contributed by atoms with Gasteiger partial charge in [0.2, 0.25) is 5.88 Å². The summed E-state index contributed by atoms with van der Waals surface area (Å²) in [4.78, 5) is 14.2. The second kappa shape index (κ2) is 7.54. The summed E-state index contributed by atoms with van der Waals surface area (Å²) in [5, 5.41) is 1.03. The minimum absolute atomic E-state index is 0.664. The van der Waals surface area contributed by atoms with Crippen molar-refractivity contribution >= 4 is 21.6 Å². The predicted octanol–water partition coefficient (Wildman–Crippen LogP) is 4.55. The van der Waals surface area contributed by atoms with Crippen LogP contribution in [0.2, 0.25) is 0 Å². The Balaban J connectivity index is 1.74. The van der Waals surface area contributed by atoms with Gasteiger partial charge in [-0.05, 0) is 44.9 Å². The maximum absolute atomic E-state index is 6.31. The van der Waals surface area contributed by atoms with E-state index in [1.165, 1.54) is 16.0 Å². The van der Waals surface area contributed by atoms with Crippen molar-refractivity contribution in [3.05, 3.63) is 45.6 Å². The molecule has 0 saturated carbocycles. The van der Waals surface area contributed by atoms with E-state index in [1.807, 2.05) is 6.07 Å². The highest BCUT2D eigenvalue weighted by Gasteiger charge is 2.19. The number of fused-ring (bicyclic) bond motifs is 1. The molecule has 1 saturated heterocycles. The predicted molar refractivity (Wildman–Crippen MR) is 109 cm³/mol. The van der Waals surface area contributed by atoms with Gasteiger partial charge in [-0.1, -0.05) is 17.7 Å². The third kappa shape index (κ3) is 3.83. The second-order valence-electron chi connectivity index (χ2n) is 7.17. The summed E-state index contributed by atoms with van der Waals surface area (Å²) < 4.78 is 11.8. The number of thiophene rings is 1. The lowest BCUT2D eigenvalue weighted by Crippen LogP contribution is -2.36. The fraction of sp³-hybridized carbons (Fsp3) is 0.429. The number of hydrogen-bond acceptors (Lipinski definition) is 6. The molecule has 3 aromatic rings. The highest BCUT2D eigenvalue weighted by atomic mass is 32.1. The first-order valence-corrected chi connectivity index (χ1v) is 10.1. The molecule has 6 heteroatoms. The number of ether oxygens (including phenoxy) is 2. The van der Waals surface area contributed by atoms with Crippen LogP contribution < -0.4 is 4.74 Å². The van der Waals surface area contributed by atoms with Crippen LogP contribution in [-0.2, 0) is 11.3 Å². The molecule has 0 aliphatic carbocycles. The lowest BCUT2D eigenvalue weighted by molar-refractivity contribution is 0.0330. The van der Waals surface area contributed by atoms with E-state index in [0.29, 0.717) is 5.88 Å². The maximum atomic E-state index is 6.31. The summed E-state index contributed by atoms with van der Waals surface area (Å²) in [6, 6.07) is 6.23. The summed E-state index contributed by atoms with van der Waals surface area (Å²) in [6.45, 7) is 12.5. The Kier molecular flexibility index (Phi) is 5.12. The van der Waals surface area contributed by atoms with Gasteiger partial charge < -0.3 is 9.47 Å². The standard InChI is InChI=1S/C21H25N3O2S/c1-13-5-6-17(14(2)11-13)26-20-19-15(3)16(4)27-21(19)23-18(22-20)12-24-7-9-25-10-8-24/h5-6,11H,7-10,12H2,1-4H3. The molecule has 2 aromatic heterocycles. The molecule has 142 valence electrons. The largest absolute Gasteiger partial charge is 0.438 e. The molecule has 0 N–H and O–H groups in total. The van der Waals surface area contributed by atoms with Gasteiger partial charge in [0, 0.05) is 18.0 Å². The Bertz CT molecular complexity index is 977. The second-order valence-corrected chi connectivity index (χ2v) is 8.37. The first-order valence-electron chi connectivity index (χ1n) is 9.33. The zero-order chi connectivity index (χ0) is 19.0. The van der Waals surface area contributed by atoms with E-state index >= 15 is 0 Å². The molecular weight excluding hydrogens is 358 g/mol. The lowest BCUT2D eigenvalue weighted by atomic mass is 10.1. The van der Waals surface area contributed by atoms with Crippen LogP contribution in [0.25, 0.3) is 10.2 Å². The van der Waals surface area contributed by atoms with Crippen LogP contribution in [0.3, 0.4) is 0 Å². The highest BCUT2D eigenvalue weighted by Crippen LogP contribution is 2.37. The number of nitrogens with zero attached hydrogens (tertiary/aromatic N) is 3. The van der Waals surface area contributed by atoms with Gasteiger partial charge in [-0.2, -0.15) is 4.98 Å². The van der Waals surface area contributed by atoms with Crippen molar-refractivity contribution in [3.8, 4) is 11.6 Å². The van der Waals surface area contributed by atoms with Crippen molar-refractivity contribution in [2.45, 2.75) is 34.2 Å². The van der Waals surface area contributed by atoms with Crippen LogP contribution in [0.1, 0.15) is 27.4 Å². The molecule has 5 nitrogen and oxygen atoms in total. The van der Waals surface area contributed by atoms with E-state index in [0.717, 1.165) is 60.2 Å². The topological polar surface area (TPSA) is 47.5 Å². The summed E-state index contributed by atoms with van der Waals surface area (Å²) >= 11 is 1.71. The van der Waals surface area contributed by atoms with Crippen molar-refractivity contribution in [1.29, 1.82) is 0 Å². The molecule has 3 heterocycles. The van der Waals surface area contributed by atoms with Gasteiger partial charge in [0.15, 0.2) is 0 Å². The number of benzene rings is 1. The Labute approximate surface area is 164 Å². The normalized spacial score (nSPS) is 15.4. The number of aromatic nitrogens is 2. The van der Waals surface area contributed by atoms with E-state index in [-0.39, 0.29) is 0 Å². The van der Waals surface area contributed by atoms with Crippen LogP contribution in [0.4, 0.5) is 0 Å². The third-order valence-electron chi connectivity index (χ3n) is 5.05. The minimum Gasteiger partial charge on any atom is -0.438 e. The van der Waals surface area contributed by atoms with Crippen LogP contribution in [0, 0.1) is 27.7 Å². The Morgan fingerprint density at radius 1 is 1.11 bits per heavy atom. The molecule has 0 unspecified atom stereocenters. The summed E-state index contributed by atoms with van der Waals surface area (Å²) in [5.41, 5.74) is 3.54. The first-order chi connectivity index (χ1) is 13.0. The molecule has 1 fully saturated rings. The summed E-state index contributed by atoms with van der Waals surface area (Å²) in [6.07, 6.45) is 0. The number of hydrogen-bond donors (Lipinski definition) is 0. The van der Waals surface area contributed by atoms with Crippen molar-refractivity contribution < 1.29 is 9.47 Å². The molecule has 27 heavy (non-hydrogen) atoms. The van der Waals surface area contributed by atoms with Gasteiger partial charge in [-0.15, -0.1) is 11.3 Å². The van der Waals surface area contributed by atoms with Crippen LogP contribution in [0.15, 0.2) is 18.2 Å². The molecule has 1 aliphatic heterocycles. The van der Waals surface area contributed by atoms with E-state index in [1.54, 1.807) is 11.3 Å². The average molecular weight is 384 g/mol. The van der Waals surface area contributed by atoms with E-state index < -0.39 is 0 Å². The van der Waals surface area contributed by atoms with Crippen LogP contribution in [-0.4, -0.2) is 41.2 Å². The first kappa shape index (κ1) is 18.3. The lowest BCUT2D eigenvalue weighted by Gasteiger charge is -2.25. The Hall–Kier alpha value is -2.02. The number of aryl methyl sites for hydroxylation is 4. The van der Waals surface area contributed by atoms with E-state index in [4.69, 9.17) is 19.4 Å². The van der Waals surface area contributed by atoms with Gasteiger partial charge in [-0.3, -0.25) is 4.90 Å². The molecule has 4 rings (SSSR count). The van der Waals surface area contributed by atoms with Gasteiger partial charge in [0.05, 0.1) is 25.1 Å². The minimum atomic E-state index is 0.664. The smallest absolute Gasteiger partial charge is 0.231 e. The zero-order valence-electron chi connectivity index (χ0n) is 16.3. The van der Waals surface area contributed by atoms with Gasteiger partial charge in [0.25, 0.3) is 0 Å². The van der Waals surface area contributed by atoms with Gasteiger partial charge in [-0.25, -0.2) is 4.98 Å². The van der Waals surface area contributed by atoms with Crippen molar-refractivity contribution in [2.75, 3.05) is 26.3 Å². The van der Waals surface area contributed by atoms with Crippen molar-refractivity contribution in [2.24, 2.45) is 0 Å². The summed E-state index contributed by atoms with van der Waals surface area (Å²) in [7, 11) is 0. The SMILES string of the molecule is Cc1ccc(Oc2nc(CN3CCOCC3)nc3sc(C)c(C)c23)c(C)c1. The number of rotatable bonds is 4. The van der Waals surface area contributed by atoms with E-state index in [2.05, 4.69) is 44.7 Å². The molecule has 0 radical (unpaired) electrons. The third-order valence-corrected chi connectivity index (χ3v) is 6.15. The van der Waals surface area contributed by atoms with Gasteiger partial charge in [0.1, 0.15) is 16.4 Å². The summed E-state index contributed by atoms with van der Waals surface area (Å²) in [5.74, 6) is 2.32. The van der Waals surface area contributed by atoms with Crippen molar-refractivity contribution in [1.82, 2.24) is 14.9 Å². The maximum Gasteiger partial charge on any atom is 0.231 e. The van der Waals surface area contributed by atoms with Gasteiger partial charge >= 0.3 is 0 Å². The highest BCUT2D eigenvalue weighted by molar-refractivity contribution is 7.18. The fourth-order valence-electron chi connectivity index (χ4n) is 3.38. The molecule has 0 spiro atoms.